The Bertz CT molecular complexity index is 1000. The molecule has 216 valence electrons. The van der Waals surface area contributed by atoms with E-state index in [0.29, 0.717) is 0 Å². The van der Waals surface area contributed by atoms with Crippen LogP contribution in [0.25, 0.3) is 0 Å². The highest BCUT2D eigenvalue weighted by Crippen LogP contribution is 2.37. The first-order valence-electron chi connectivity index (χ1n) is 11.5. The second-order valence-electron chi connectivity index (χ2n) is 8.47. The molecule has 0 spiro atoms. The van der Waals surface area contributed by atoms with E-state index in [4.69, 9.17) is 32.6 Å². The zero-order valence-corrected chi connectivity index (χ0v) is 23.4. The van der Waals surface area contributed by atoms with Gasteiger partial charge >= 0.3 is 17.9 Å². The average molecular weight is 584 g/mol. The molecule has 1 fully saturated rings. The number of amides is 1. The van der Waals surface area contributed by atoms with E-state index in [-0.39, 0.29) is 13.2 Å². The lowest BCUT2D eigenvalue weighted by molar-refractivity contribution is -0.211. The van der Waals surface area contributed by atoms with Gasteiger partial charge in [-0.2, -0.15) is 8.42 Å². The van der Waals surface area contributed by atoms with Crippen LogP contribution < -0.4 is 5.32 Å². The minimum atomic E-state index is -3.79. The van der Waals surface area contributed by atoms with Gasteiger partial charge in [-0.3, -0.25) is 23.4 Å². The number of methoxy groups -OCH3 is 1. The molecule has 1 saturated heterocycles. The van der Waals surface area contributed by atoms with Crippen LogP contribution in [0, 0.1) is 0 Å². The van der Waals surface area contributed by atoms with Crippen LogP contribution in [0.1, 0.15) is 27.7 Å². The quantitative estimate of drug-likeness (QED) is 0.144. The van der Waals surface area contributed by atoms with Gasteiger partial charge in [0.25, 0.3) is 10.1 Å². The minimum absolute atomic E-state index is 0.349. The SMILES string of the molecule is CO[C@@H]1C=C[C@H](S[C@@H]2O[C@H](COC(C)=O)[C@@H](OC(C)=O)[C@H](OC(C)=O)[C@H]2NC(C)=O)[C@@H](COS(C)(=O)=O)O1. The Morgan fingerprint density at radius 1 is 0.895 bits per heavy atom. The zero-order chi connectivity index (χ0) is 28.6. The van der Waals surface area contributed by atoms with E-state index in [1.807, 2.05) is 0 Å². The van der Waals surface area contributed by atoms with E-state index >= 15 is 0 Å². The van der Waals surface area contributed by atoms with Gasteiger partial charge in [0.05, 0.1) is 18.1 Å². The molecule has 8 atom stereocenters. The summed E-state index contributed by atoms with van der Waals surface area (Å²) in [6.07, 6.45) is -0.937. The monoisotopic (exact) mass is 583 g/mol. The van der Waals surface area contributed by atoms with Crippen molar-refractivity contribution < 1.29 is 60.2 Å². The highest BCUT2D eigenvalue weighted by molar-refractivity contribution is 8.00. The van der Waals surface area contributed by atoms with Crippen LogP contribution in [0.3, 0.4) is 0 Å². The Morgan fingerprint density at radius 2 is 1.53 bits per heavy atom. The summed E-state index contributed by atoms with van der Waals surface area (Å²) in [7, 11) is -2.38. The third-order valence-electron chi connectivity index (χ3n) is 5.17. The maximum atomic E-state index is 12.1. The molecule has 16 heteroatoms. The van der Waals surface area contributed by atoms with Gasteiger partial charge in [-0.15, -0.1) is 11.8 Å². The van der Waals surface area contributed by atoms with Crippen LogP contribution >= 0.6 is 11.8 Å². The van der Waals surface area contributed by atoms with Crippen LogP contribution in [-0.4, -0.2) is 106 Å². The summed E-state index contributed by atoms with van der Waals surface area (Å²) >= 11 is 1.10. The molecule has 38 heavy (non-hydrogen) atoms. The fourth-order valence-electron chi connectivity index (χ4n) is 3.77. The highest BCUT2D eigenvalue weighted by atomic mass is 32.2. The molecule has 0 aliphatic carbocycles. The lowest BCUT2D eigenvalue weighted by atomic mass is 9.97. The number of thioether (sulfide) groups is 1. The van der Waals surface area contributed by atoms with Crippen molar-refractivity contribution in [2.45, 2.75) is 75.1 Å². The number of rotatable bonds is 11. The first-order valence-corrected chi connectivity index (χ1v) is 14.2. The maximum Gasteiger partial charge on any atom is 0.303 e. The van der Waals surface area contributed by atoms with Crippen molar-refractivity contribution in [1.82, 2.24) is 5.32 Å². The predicted molar refractivity (Wildman–Crippen MR) is 131 cm³/mol. The normalized spacial score (nSPS) is 31.2. The first-order chi connectivity index (χ1) is 17.7. The van der Waals surface area contributed by atoms with E-state index in [1.165, 1.54) is 21.0 Å². The van der Waals surface area contributed by atoms with E-state index in [9.17, 15) is 27.6 Å². The molecule has 1 N–H and O–H groups in total. The molecule has 2 aliphatic heterocycles. The summed E-state index contributed by atoms with van der Waals surface area (Å²) in [4.78, 5) is 47.5. The Balaban J connectivity index is 2.45. The Hall–Kier alpha value is -2.24. The molecular weight excluding hydrogens is 550 g/mol. The van der Waals surface area contributed by atoms with Crippen molar-refractivity contribution in [2.75, 3.05) is 26.6 Å². The highest BCUT2D eigenvalue weighted by Gasteiger charge is 2.52. The largest absolute Gasteiger partial charge is 0.463 e. The van der Waals surface area contributed by atoms with Crippen LogP contribution in [0.5, 0.6) is 0 Å². The third-order valence-corrected chi connectivity index (χ3v) is 7.19. The molecule has 1 amide bonds. The molecule has 0 aromatic heterocycles. The van der Waals surface area contributed by atoms with Crippen LogP contribution in [0.2, 0.25) is 0 Å². The van der Waals surface area contributed by atoms with E-state index < -0.39 is 81.4 Å². The number of hydrogen-bond acceptors (Lipinski definition) is 14. The minimum Gasteiger partial charge on any atom is -0.463 e. The molecule has 0 bridgehead atoms. The second-order valence-corrected chi connectivity index (χ2v) is 11.4. The standard InChI is InChI=1S/C22H33NO13S2/c1-11(24)23-19-21(34-14(4)27)20(33-13(3)26)16(9-31-12(2)25)36-22(19)37-17-7-8-18(30-5)35-15(17)10-32-38(6,28)29/h7-8,15-22H,9-10H2,1-6H3,(H,23,24)/t15-,16-,17+,18+,19-,20-,21-,22+/m1/s1. The van der Waals surface area contributed by atoms with E-state index in [2.05, 4.69) is 5.32 Å². The van der Waals surface area contributed by atoms with Gasteiger partial charge in [-0.05, 0) is 6.08 Å². The molecular formula is C22H33NO13S2. The van der Waals surface area contributed by atoms with Crippen molar-refractivity contribution in [3.8, 4) is 0 Å². The topological polar surface area (TPSA) is 179 Å². The average Bonchev–Trinajstić information content (AvgIpc) is 2.79. The fourth-order valence-corrected chi connectivity index (χ4v) is 5.56. The molecule has 2 heterocycles. The molecule has 0 unspecified atom stereocenters. The zero-order valence-electron chi connectivity index (χ0n) is 21.8. The molecule has 14 nitrogen and oxygen atoms in total. The third kappa shape index (κ3) is 10.1. The predicted octanol–water partition coefficient (Wildman–Crippen LogP) is -0.352. The van der Waals surface area contributed by atoms with Crippen molar-refractivity contribution in [1.29, 1.82) is 0 Å². The second kappa shape index (κ2) is 14.2. The Labute approximate surface area is 225 Å². The molecule has 0 saturated carbocycles. The number of ether oxygens (including phenoxy) is 6. The number of nitrogens with one attached hydrogen (secondary N) is 1. The number of carbonyl (C=O) groups is 4. The fraction of sp³-hybridized carbons (Fsp3) is 0.727. The Kier molecular flexibility index (Phi) is 12.0. The van der Waals surface area contributed by atoms with E-state index in [0.717, 1.165) is 31.9 Å². The summed E-state index contributed by atoms with van der Waals surface area (Å²) < 4.78 is 61.2. The van der Waals surface area contributed by atoms with Crippen molar-refractivity contribution in [3.63, 3.8) is 0 Å². The smallest absolute Gasteiger partial charge is 0.303 e. The van der Waals surface area contributed by atoms with Crippen molar-refractivity contribution in [3.05, 3.63) is 12.2 Å². The lowest BCUT2D eigenvalue weighted by Gasteiger charge is -2.46. The summed E-state index contributed by atoms with van der Waals surface area (Å²) in [5, 5.41) is 2.08. The van der Waals surface area contributed by atoms with Crippen LogP contribution in [0.15, 0.2) is 12.2 Å². The van der Waals surface area contributed by atoms with Gasteiger partial charge in [0.1, 0.15) is 30.3 Å². The molecule has 0 aromatic rings. The van der Waals surface area contributed by atoms with Gasteiger partial charge in [0, 0.05) is 34.8 Å². The first kappa shape index (κ1) is 32.0. The summed E-state index contributed by atoms with van der Waals surface area (Å²) in [5.74, 6) is -2.56. The number of hydrogen-bond donors (Lipinski definition) is 1. The van der Waals surface area contributed by atoms with Crippen LogP contribution in [0.4, 0.5) is 0 Å². The van der Waals surface area contributed by atoms with Crippen molar-refractivity contribution >= 4 is 45.7 Å². The number of carbonyl (C=O) groups excluding carboxylic acids is 4. The molecule has 0 aromatic carbocycles. The van der Waals surface area contributed by atoms with Gasteiger partial charge in [-0.1, -0.05) is 6.08 Å². The van der Waals surface area contributed by atoms with Crippen molar-refractivity contribution in [2.24, 2.45) is 0 Å². The van der Waals surface area contributed by atoms with Gasteiger partial charge in [0.15, 0.2) is 18.5 Å². The van der Waals surface area contributed by atoms with Gasteiger partial charge in [-0.25, -0.2) is 0 Å². The van der Waals surface area contributed by atoms with E-state index in [1.54, 1.807) is 12.2 Å². The molecule has 2 aliphatic rings. The van der Waals surface area contributed by atoms with Crippen LogP contribution in [-0.2, 0) is 61.9 Å². The Morgan fingerprint density at radius 3 is 2.05 bits per heavy atom. The van der Waals surface area contributed by atoms with Gasteiger partial charge < -0.3 is 33.7 Å². The summed E-state index contributed by atoms with van der Waals surface area (Å²) in [6.45, 7) is 4.02. The lowest BCUT2D eigenvalue weighted by Crippen LogP contribution is -2.65. The summed E-state index contributed by atoms with van der Waals surface area (Å²) in [6, 6.07) is -1.04. The molecule has 2 rings (SSSR count). The molecule has 0 radical (unpaired) electrons. The maximum absolute atomic E-state index is 12.1. The number of esters is 3. The van der Waals surface area contributed by atoms with Gasteiger partial charge in [0.2, 0.25) is 5.91 Å². The summed E-state index contributed by atoms with van der Waals surface area (Å²) in [5.41, 5.74) is -0.978.